The van der Waals surface area contributed by atoms with Gasteiger partial charge < -0.3 is 14.7 Å². The van der Waals surface area contributed by atoms with Crippen LogP contribution in [0.15, 0.2) is 18.2 Å². The molecule has 6 nitrogen and oxygen atoms in total. The van der Waals surface area contributed by atoms with Crippen LogP contribution in [0, 0.1) is 16.0 Å². The molecule has 1 fully saturated rings. The van der Waals surface area contributed by atoms with Crippen LogP contribution in [-0.4, -0.2) is 35.8 Å². The number of rotatable bonds is 5. The molecule has 1 saturated heterocycles. The Morgan fingerprint density at radius 1 is 1.50 bits per heavy atom. The Balaban J connectivity index is 2.25. The predicted octanol–water partition coefficient (Wildman–Crippen LogP) is 2.79. The van der Waals surface area contributed by atoms with E-state index < -0.39 is 29.1 Å². The second-order valence-electron chi connectivity index (χ2n) is 5.38. The summed E-state index contributed by atoms with van der Waals surface area (Å²) in [7, 11) is 0. The van der Waals surface area contributed by atoms with E-state index in [1.54, 1.807) is 6.92 Å². The monoisotopic (exact) mass is 316 g/mol. The quantitative estimate of drug-likeness (QED) is 0.668. The van der Waals surface area contributed by atoms with Crippen LogP contribution in [0.4, 0.5) is 20.2 Å². The molecule has 0 spiro atoms. The zero-order valence-electron chi connectivity index (χ0n) is 12.1. The SMILES string of the molecule is CC(O)C1CCCN(c2ccc([N+](=O)[O-])c(OC(F)F)c2)C1. The minimum atomic E-state index is -3.12. The molecule has 22 heavy (non-hydrogen) atoms. The molecule has 1 aliphatic heterocycles. The highest BCUT2D eigenvalue weighted by Crippen LogP contribution is 2.34. The lowest BCUT2D eigenvalue weighted by Gasteiger charge is -2.35. The van der Waals surface area contributed by atoms with Crippen LogP contribution < -0.4 is 9.64 Å². The van der Waals surface area contributed by atoms with E-state index in [2.05, 4.69) is 4.74 Å². The molecule has 2 atom stereocenters. The third-order valence-electron chi connectivity index (χ3n) is 3.86. The Bertz CT molecular complexity index is 540. The Morgan fingerprint density at radius 2 is 2.23 bits per heavy atom. The van der Waals surface area contributed by atoms with Gasteiger partial charge in [-0.2, -0.15) is 8.78 Å². The molecule has 8 heteroatoms. The highest BCUT2D eigenvalue weighted by molar-refractivity contribution is 5.59. The molecule has 0 aliphatic carbocycles. The number of hydrogen-bond donors (Lipinski definition) is 1. The van der Waals surface area contributed by atoms with Crippen molar-refractivity contribution in [2.24, 2.45) is 5.92 Å². The molecule has 2 rings (SSSR count). The first-order valence-corrected chi connectivity index (χ1v) is 7.04. The zero-order valence-corrected chi connectivity index (χ0v) is 12.1. The number of hydrogen-bond acceptors (Lipinski definition) is 5. The number of nitro benzene ring substituents is 1. The lowest BCUT2D eigenvalue weighted by Crippen LogP contribution is -2.39. The van der Waals surface area contributed by atoms with Gasteiger partial charge in [0.05, 0.1) is 11.0 Å². The van der Waals surface area contributed by atoms with Crippen molar-refractivity contribution in [2.75, 3.05) is 18.0 Å². The molecule has 1 aliphatic rings. The van der Waals surface area contributed by atoms with Crippen LogP contribution in [0.5, 0.6) is 5.75 Å². The number of nitro groups is 1. The number of nitrogens with zero attached hydrogens (tertiary/aromatic N) is 2. The highest BCUT2D eigenvalue weighted by atomic mass is 19.3. The topological polar surface area (TPSA) is 75.8 Å². The summed E-state index contributed by atoms with van der Waals surface area (Å²) < 4.78 is 29.1. The first-order chi connectivity index (χ1) is 10.4. The van der Waals surface area contributed by atoms with Gasteiger partial charge in [-0.1, -0.05) is 0 Å². The predicted molar refractivity (Wildman–Crippen MR) is 76.3 cm³/mol. The van der Waals surface area contributed by atoms with E-state index in [1.807, 2.05) is 4.90 Å². The van der Waals surface area contributed by atoms with E-state index in [1.165, 1.54) is 18.2 Å². The summed E-state index contributed by atoms with van der Waals surface area (Å²) in [6, 6.07) is 3.94. The van der Waals surface area contributed by atoms with Gasteiger partial charge in [-0.15, -0.1) is 0 Å². The maximum absolute atomic E-state index is 12.4. The Kier molecular flexibility index (Phi) is 5.12. The summed E-state index contributed by atoms with van der Waals surface area (Å²) in [5.74, 6) is -0.361. The normalized spacial score (nSPS) is 20.0. The highest BCUT2D eigenvalue weighted by Gasteiger charge is 2.26. The summed E-state index contributed by atoms with van der Waals surface area (Å²) in [5.41, 5.74) is 0.0831. The number of alkyl halides is 2. The molecule has 0 amide bonds. The number of ether oxygens (including phenoxy) is 1. The molecule has 1 heterocycles. The van der Waals surface area contributed by atoms with E-state index in [0.29, 0.717) is 18.8 Å². The molecule has 122 valence electrons. The van der Waals surface area contributed by atoms with Crippen LogP contribution >= 0.6 is 0 Å². The van der Waals surface area contributed by atoms with Crippen molar-refractivity contribution in [2.45, 2.75) is 32.5 Å². The van der Waals surface area contributed by atoms with Gasteiger partial charge in [-0.05, 0) is 25.8 Å². The van der Waals surface area contributed by atoms with Crippen LogP contribution in [0.3, 0.4) is 0 Å². The average Bonchev–Trinajstić information content (AvgIpc) is 2.46. The van der Waals surface area contributed by atoms with Crippen molar-refractivity contribution < 1.29 is 23.5 Å². The molecule has 1 aromatic carbocycles. The van der Waals surface area contributed by atoms with Gasteiger partial charge in [0.25, 0.3) is 0 Å². The number of halogens is 2. The zero-order chi connectivity index (χ0) is 16.3. The Hall–Kier alpha value is -1.96. The first-order valence-electron chi connectivity index (χ1n) is 7.04. The number of benzene rings is 1. The molecular weight excluding hydrogens is 298 g/mol. The lowest BCUT2D eigenvalue weighted by atomic mass is 9.93. The van der Waals surface area contributed by atoms with Gasteiger partial charge in [0, 0.05) is 36.8 Å². The first kappa shape index (κ1) is 16.4. The van der Waals surface area contributed by atoms with Crippen LogP contribution in [0.2, 0.25) is 0 Å². The van der Waals surface area contributed by atoms with E-state index in [9.17, 15) is 24.0 Å². The summed E-state index contributed by atoms with van der Waals surface area (Å²) in [4.78, 5) is 12.0. The van der Waals surface area contributed by atoms with Crippen molar-refractivity contribution in [3.8, 4) is 5.75 Å². The van der Waals surface area contributed by atoms with E-state index in [-0.39, 0.29) is 5.92 Å². The third kappa shape index (κ3) is 3.82. The van der Waals surface area contributed by atoms with Gasteiger partial charge in [-0.3, -0.25) is 10.1 Å². The van der Waals surface area contributed by atoms with Crippen LogP contribution in [0.1, 0.15) is 19.8 Å². The third-order valence-corrected chi connectivity index (χ3v) is 3.86. The molecular formula is C14H18F2N2O4. The van der Waals surface area contributed by atoms with E-state index in [0.717, 1.165) is 12.8 Å². The van der Waals surface area contributed by atoms with E-state index >= 15 is 0 Å². The van der Waals surface area contributed by atoms with Crippen molar-refractivity contribution in [1.82, 2.24) is 0 Å². The maximum Gasteiger partial charge on any atom is 0.387 e. The average molecular weight is 316 g/mol. The fraction of sp³-hybridized carbons (Fsp3) is 0.571. The molecule has 0 radical (unpaired) electrons. The summed E-state index contributed by atoms with van der Waals surface area (Å²) >= 11 is 0. The lowest BCUT2D eigenvalue weighted by molar-refractivity contribution is -0.386. The van der Waals surface area contributed by atoms with Crippen molar-refractivity contribution in [1.29, 1.82) is 0 Å². The van der Waals surface area contributed by atoms with Crippen molar-refractivity contribution in [3.05, 3.63) is 28.3 Å². The van der Waals surface area contributed by atoms with Gasteiger partial charge in [-0.25, -0.2) is 0 Å². The van der Waals surface area contributed by atoms with Gasteiger partial charge in [0.1, 0.15) is 0 Å². The van der Waals surface area contributed by atoms with Gasteiger partial charge in [0.2, 0.25) is 5.75 Å². The molecule has 0 bridgehead atoms. The number of anilines is 1. The summed E-state index contributed by atoms with van der Waals surface area (Å²) in [6.45, 7) is -0.130. The largest absolute Gasteiger partial charge is 0.427 e. The van der Waals surface area contributed by atoms with Gasteiger partial charge in [0.15, 0.2) is 0 Å². The summed E-state index contributed by atoms with van der Waals surface area (Å²) in [6.07, 6.45) is 1.29. The molecule has 0 saturated carbocycles. The second kappa shape index (κ2) is 6.87. The number of aliphatic hydroxyl groups is 1. The molecule has 0 aromatic heterocycles. The molecule has 2 unspecified atom stereocenters. The van der Waals surface area contributed by atoms with E-state index in [4.69, 9.17) is 0 Å². The summed E-state index contributed by atoms with van der Waals surface area (Å²) in [5, 5.41) is 20.6. The Morgan fingerprint density at radius 3 is 2.82 bits per heavy atom. The second-order valence-corrected chi connectivity index (χ2v) is 5.38. The van der Waals surface area contributed by atoms with Crippen molar-refractivity contribution in [3.63, 3.8) is 0 Å². The van der Waals surface area contributed by atoms with Crippen LogP contribution in [-0.2, 0) is 0 Å². The Labute approximate surface area is 126 Å². The standard InChI is InChI=1S/C14H18F2N2O4/c1-9(19)10-3-2-6-17(8-10)11-4-5-12(18(20)21)13(7-11)22-14(15)16/h4-5,7,9-10,14,19H,2-3,6,8H2,1H3. The fourth-order valence-electron chi connectivity index (χ4n) is 2.68. The molecule has 1 aromatic rings. The molecule has 1 N–H and O–H groups in total. The van der Waals surface area contributed by atoms with Crippen LogP contribution in [0.25, 0.3) is 0 Å². The number of aliphatic hydroxyl groups excluding tert-OH is 1. The van der Waals surface area contributed by atoms with Gasteiger partial charge >= 0.3 is 12.3 Å². The minimum Gasteiger partial charge on any atom is -0.427 e. The number of piperidine rings is 1. The minimum absolute atomic E-state index is 0.0865. The maximum atomic E-state index is 12.4. The van der Waals surface area contributed by atoms with Crippen molar-refractivity contribution >= 4 is 11.4 Å². The fourth-order valence-corrected chi connectivity index (χ4v) is 2.68. The smallest absolute Gasteiger partial charge is 0.387 e.